The van der Waals surface area contributed by atoms with Gasteiger partial charge < -0.3 is 10.2 Å². The molecule has 0 aromatic heterocycles. The van der Waals surface area contributed by atoms with Gasteiger partial charge in [0, 0.05) is 4.47 Å². The fraction of sp³-hybridized carbons (Fsp3) is 0.100. The van der Waals surface area contributed by atoms with Crippen LogP contribution in [0.15, 0.2) is 32.5 Å². The normalized spacial score (nSPS) is 18.4. The minimum atomic E-state index is -3.91. The minimum Gasteiger partial charge on any atom is -0.479 e. The molecule has 0 aliphatic carbocycles. The Kier molecular flexibility index (Phi) is 2.84. The van der Waals surface area contributed by atoms with Crippen molar-refractivity contribution in [3.05, 3.63) is 33.1 Å². The quantitative estimate of drug-likeness (QED) is 0.849. The smallest absolute Gasteiger partial charge is 0.337 e. The van der Waals surface area contributed by atoms with Gasteiger partial charge in [0.1, 0.15) is 0 Å². The lowest BCUT2D eigenvalue weighted by molar-refractivity contribution is -0.144. The Morgan fingerprint density at radius 1 is 1.35 bits per heavy atom. The fourth-order valence-electron chi connectivity index (χ4n) is 1.57. The number of aliphatic hydroxyl groups is 1. The maximum absolute atomic E-state index is 12.0. The molecule has 7 heteroatoms. The Balaban J connectivity index is 2.61. The van der Waals surface area contributed by atoms with E-state index in [4.69, 9.17) is 5.11 Å². The lowest BCUT2D eigenvalue weighted by Crippen LogP contribution is -2.25. The molecule has 0 amide bonds. The van der Waals surface area contributed by atoms with Crippen molar-refractivity contribution in [2.75, 3.05) is 0 Å². The Hall–Kier alpha value is -1.18. The zero-order valence-electron chi connectivity index (χ0n) is 8.29. The molecule has 5 nitrogen and oxygen atoms in total. The largest absolute Gasteiger partial charge is 0.479 e. The van der Waals surface area contributed by atoms with E-state index in [-0.39, 0.29) is 4.90 Å². The summed E-state index contributed by atoms with van der Waals surface area (Å²) in [6.45, 7) is 0. The molecule has 2 N–H and O–H groups in total. The van der Waals surface area contributed by atoms with Crippen LogP contribution in [0.25, 0.3) is 6.08 Å². The maximum atomic E-state index is 12.0. The van der Waals surface area contributed by atoms with Gasteiger partial charge in [-0.1, -0.05) is 22.0 Å². The van der Waals surface area contributed by atoms with Crippen molar-refractivity contribution in [3.63, 3.8) is 0 Å². The van der Waals surface area contributed by atoms with Gasteiger partial charge in [0.05, 0.1) is 9.80 Å². The van der Waals surface area contributed by atoms with Crippen LogP contribution in [-0.2, 0) is 14.6 Å². The van der Waals surface area contributed by atoms with Gasteiger partial charge in [-0.25, -0.2) is 13.2 Å². The van der Waals surface area contributed by atoms with Gasteiger partial charge in [0.25, 0.3) is 0 Å². The number of halogens is 1. The van der Waals surface area contributed by atoms with Gasteiger partial charge in [0.2, 0.25) is 9.84 Å². The third-order valence-electron chi connectivity index (χ3n) is 2.38. The number of benzene rings is 1. The van der Waals surface area contributed by atoms with Crippen molar-refractivity contribution >= 4 is 37.8 Å². The monoisotopic (exact) mass is 318 g/mol. The van der Waals surface area contributed by atoms with Crippen molar-refractivity contribution in [3.8, 4) is 0 Å². The summed E-state index contributed by atoms with van der Waals surface area (Å²) in [7, 11) is -3.91. The van der Waals surface area contributed by atoms with E-state index in [1.54, 1.807) is 12.1 Å². The molecule has 1 aliphatic heterocycles. The Labute approximate surface area is 105 Å². The van der Waals surface area contributed by atoms with Crippen LogP contribution < -0.4 is 0 Å². The highest BCUT2D eigenvalue weighted by molar-refractivity contribution is 9.10. The summed E-state index contributed by atoms with van der Waals surface area (Å²) in [5, 5.41) is 18.0. The second-order valence-corrected chi connectivity index (χ2v) is 6.31. The number of carboxylic acids is 1. The lowest BCUT2D eigenvalue weighted by atomic mass is 10.2. The molecule has 90 valence electrons. The Morgan fingerprint density at radius 3 is 2.59 bits per heavy atom. The standard InChI is InChI=1S/C10H7BrO5S/c11-6-2-1-5-3-8(9(12)10(13)14)17(15,16)7(5)4-6/h1-4,9,12H,(H,13,14). The molecule has 1 aromatic carbocycles. The van der Waals surface area contributed by atoms with Gasteiger partial charge in [-0.15, -0.1) is 0 Å². The van der Waals surface area contributed by atoms with Crippen LogP contribution in [0, 0.1) is 0 Å². The molecule has 1 unspecified atom stereocenters. The summed E-state index contributed by atoms with van der Waals surface area (Å²) < 4.78 is 24.5. The number of aliphatic carboxylic acids is 1. The highest BCUT2D eigenvalue weighted by atomic mass is 79.9. The van der Waals surface area contributed by atoms with Crippen LogP contribution in [0.5, 0.6) is 0 Å². The number of carbonyl (C=O) groups is 1. The second kappa shape index (κ2) is 3.94. The number of aliphatic hydroxyl groups excluding tert-OH is 1. The maximum Gasteiger partial charge on any atom is 0.337 e. The molecule has 0 radical (unpaired) electrons. The summed E-state index contributed by atoms with van der Waals surface area (Å²) in [6, 6.07) is 4.56. The molecule has 0 bridgehead atoms. The van der Waals surface area contributed by atoms with Crippen LogP contribution in [-0.4, -0.2) is 30.7 Å². The van der Waals surface area contributed by atoms with Crippen LogP contribution in [0.2, 0.25) is 0 Å². The molecule has 1 heterocycles. The van der Waals surface area contributed by atoms with Crippen molar-refractivity contribution in [2.24, 2.45) is 0 Å². The molecule has 17 heavy (non-hydrogen) atoms. The Bertz CT molecular complexity index is 632. The van der Waals surface area contributed by atoms with Crippen molar-refractivity contribution in [1.82, 2.24) is 0 Å². The summed E-state index contributed by atoms with van der Waals surface area (Å²) in [6.07, 6.45) is -0.859. The van der Waals surface area contributed by atoms with E-state index >= 15 is 0 Å². The molecule has 0 spiro atoms. The first-order valence-corrected chi connectivity index (χ1v) is 6.79. The van der Waals surface area contributed by atoms with Crippen molar-refractivity contribution in [1.29, 1.82) is 0 Å². The van der Waals surface area contributed by atoms with E-state index in [1.807, 2.05) is 0 Å². The summed E-state index contributed by atoms with van der Waals surface area (Å²) in [5.74, 6) is -1.59. The summed E-state index contributed by atoms with van der Waals surface area (Å²) >= 11 is 3.14. The predicted molar refractivity (Wildman–Crippen MR) is 62.9 cm³/mol. The van der Waals surface area contributed by atoms with Gasteiger partial charge in [0.15, 0.2) is 6.10 Å². The van der Waals surface area contributed by atoms with Crippen molar-refractivity contribution < 1.29 is 23.4 Å². The molecule has 0 fully saturated rings. The SMILES string of the molecule is O=C(O)C(O)C1=Cc2ccc(Br)cc2S1(=O)=O. The molecule has 0 saturated heterocycles. The summed E-state index contributed by atoms with van der Waals surface area (Å²) in [5.41, 5.74) is 0.378. The highest BCUT2D eigenvalue weighted by Crippen LogP contribution is 2.36. The van der Waals surface area contributed by atoms with Crippen LogP contribution >= 0.6 is 15.9 Å². The average molecular weight is 319 g/mol. The topological polar surface area (TPSA) is 91.7 Å². The van der Waals surface area contributed by atoms with E-state index in [9.17, 15) is 18.3 Å². The first-order chi connectivity index (χ1) is 7.84. The first kappa shape index (κ1) is 12.3. The molecular formula is C10H7BrO5S. The first-order valence-electron chi connectivity index (χ1n) is 4.51. The van der Waals surface area contributed by atoms with Crippen LogP contribution in [0.3, 0.4) is 0 Å². The molecule has 0 saturated carbocycles. The number of sulfone groups is 1. The van der Waals surface area contributed by atoms with E-state index in [2.05, 4.69) is 15.9 Å². The average Bonchev–Trinajstić information content (AvgIpc) is 2.50. The predicted octanol–water partition coefficient (Wildman–Crippen LogP) is 1.02. The Morgan fingerprint density at radius 2 is 2.00 bits per heavy atom. The molecular weight excluding hydrogens is 312 g/mol. The molecule has 1 aromatic rings. The third-order valence-corrected chi connectivity index (χ3v) is 4.76. The van der Waals surface area contributed by atoms with E-state index < -0.39 is 26.8 Å². The summed E-state index contributed by atoms with van der Waals surface area (Å²) in [4.78, 5) is 10.1. The van der Waals surface area contributed by atoms with Crippen LogP contribution in [0.4, 0.5) is 0 Å². The van der Waals surface area contributed by atoms with Crippen LogP contribution in [0.1, 0.15) is 5.56 Å². The van der Waals surface area contributed by atoms with E-state index in [0.717, 1.165) is 0 Å². The number of carboxylic acid groups (broad SMARTS) is 1. The number of hydrogen-bond acceptors (Lipinski definition) is 4. The minimum absolute atomic E-state index is 0.00201. The van der Waals surface area contributed by atoms with E-state index in [1.165, 1.54) is 12.1 Å². The van der Waals surface area contributed by atoms with Gasteiger partial charge in [-0.3, -0.25) is 0 Å². The van der Waals surface area contributed by atoms with Gasteiger partial charge >= 0.3 is 5.97 Å². The number of rotatable bonds is 2. The third kappa shape index (κ3) is 1.90. The highest BCUT2D eigenvalue weighted by Gasteiger charge is 2.37. The zero-order chi connectivity index (χ0) is 12.8. The molecule has 1 aliphatic rings. The molecule has 1 atom stereocenters. The number of hydrogen-bond donors (Lipinski definition) is 2. The molecule has 2 rings (SSSR count). The fourth-order valence-corrected chi connectivity index (χ4v) is 3.73. The lowest BCUT2D eigenvalue weighted by Gasteiger charge is -2.06. The van der Waals surface area contributed by atoms with Crippen molar-refractivity contribution in [2.45, 2.75) is 11.0 Å². The van der Waals surface area contributed by atoms with Gasteiger partial charge in [-0.05, 0) is 23.8 Å². The number of fused-ring (bicyclic) bond motifs is 1. The van der Waals surface area contributed by atoms with E-state index in [0.29, 0.717) is 10.0 Å². The van der Waals surface area contributed by atoms with Gasteiger partial charge in [-0.2, -0.15) is 0 Å². The second-order valence-electron chi connectivity index (χ2n) is 3.47. The zero-order valence-corrected chi connectivity index (χ0v) is 10.7.